The molecule has 7 nitrogen and oxygen atoms in total. The summed E-state index contributed by atoms with van der Waals surface area (Å²) in [6, 6.07) is 2.57. The lowest BCUT2D eigenvalue weighted by molar-refractivity contribution is -0.151. The molecule has 1 fully saturated rings. The first-order valence-electron chi connectivity index (χ1n) is 6.22. The molecule has 0 aliphatic carbocycles. The van der Waals surface area contributed by atoms with Crippen LogP contribution in [0.5, 0.6) is 0 Å². The molecular formula is C13H16N2O5. The molecule has 0 radical (unpaired) electrons. The predicted octanol–water partition coefficient (Wildman–Crippen LogP) is 0.998. The van der Waals surface area contributed by atoms with Crippen LogP contribution >= 0.6 is 0 Å². The fourth-order valence-corrected chi connectivity index (χ4v) is 2.00. The van der Waals surface area contributed by atoms with Crippen molar-refractivity contribution in [3.63, 3.8) is 0 Å². The Balaban J connectivity index is 2.15. The number of furan rings is 1. The first kappa shape index (κ1) is 14.1. The van der Waals surface area contributed by atoms with Gasteiger partial charge in [0.1, 0.15) is 12.3 Å². The molecule has 20 heavy (non-hydrogen) atoms. The zero-order valence-electron chi connectivity index (χ0n) is 11.5. The Morgan fingerprint density at radius 3 is 2.75 bits per heavy atom. The van der Waals surface area contributed by atoms with E-state index in [4.69, 9.17) is 9.15 Å². The first-order chi connectivity index (χ1) is 9.34. The van der Waals surface area contributed by atoms with Gasteiger partial charge in [0.2, 0.25) is 0 Å². The van der Waals surface area contributed by atoms with E-state index in [9.17, 15) is 14.4 Å². The van der Waals surface area contributed by atoms with Crippen molar-refractivity contribution >= 4 is 17.9 Å². The second kappa shape index (κ2) is 4.99. The van der Waals surface area contributed by atoms with Gasteiger partial charge in [-0.05, 0) is 32.9 Å². The molecule has 1 aromatic heterocycles. The molecule has 1 aliphatic heterocycles. The molecule has 1 atom stereocenters. The molecule has 0 bridgehead atoms. The van der Waals surface area contributed by atoms with Crippen molar-refractivity contribution in [2.75, 3.05) is 6.54 Å². The third kappa shape index (κ3) is 2.38. The molecular weight excluding hydrogens is 264 g/mol. The van der Waals surface area contributed by atoms with Crippen molar-refractivity contribution in [2.45, 2.75) is 32.4 Å². The Bertz CT molecular complexity index is 537. The molecule has 2 heterocycles. The van der Waals surface area contributed by atoms with Gasteiger partial charge in [0.15, 0.2) is 5.54 Å². The second-order valence-corrected chi connectivity index (χ2v) is 4.96. The van der Waals surface area contributed by atoms with Gasteiger partial charge in [-0.3, -0.25) is 14.5 Å². The molecule has 1 saturated heterocycles. The molecule has 1 aromatic rings. The van der Waals surface area contributed by atoms with Gasteiger partial charge in [-0.25, -0.2) is 4.79 Å². The van der Waals surface area contributed by atoms with Gasteiger partial charge in [0, 0.05) is 0 Å². The summed E-state index contributed by atoms with van der Waals surface area (Å²) in [6.45, 7) is 4.49. The number of imide groups is 1. The lowest BCUT2D eigenvalue weighted by atomic mass is 9.99. The number of rotatable bonds is 4. The van der Waals surface area contributed by atoms with Crippen molar-refractivity contribution in [3.05, 3.63) is 24.2 Å². The van der Waals surface area contributed by atoms with E-state index in [0.717, 1.165) is 4.90 Å². The molecule has 108 valence electrons. The van der Waals surface area contributed by atoms with Crippen LogP contribution < -0.4 is 5.32 Å². The van der Waals surface area contributed by atoms with E-state index in [0.29, 0.717) is 5.76 Å². The maximum Gasteiger partial charge on any atom is 0.326 e. The minimum Gasteiger partial charge on any atom is -0.466 e. The normalized spacial score (nSPS) is 22.3. The lowest BCUT2D eigenvalue weighted by Gasteiger charge is -2.18. The van der Waals surface area contributed by atoms with Gasteiger partial charge >= 0.3 is 12.0 Å². The molecule has 3 amide bonds. The number of carbonyl (C=O) groups is 3. The molecule has 0 spiro atoms. The minimum atomic E-state index is -1.29. The van der Waals surface area contributed by atoms with Crippen molar-refractivity contribution < 1.29 is 23.5 Å². The van der Waals surface area contributed by atoms with E-state index in [1.807, 2.05) is 0 Å². The van der Waals surface area contributed by atoms with Gasteiger partial charge < -0.3 is 14.5 Å². The number of ether oxygens (including phenoxy) is 1. The van der Waals surface area contributed by atoms with Gasteiger partial charge in [0.05, 0.1) is 12.4 Å². The fourth-order valence-electron chi connectivity index (χ4n) is 2.00. The Labute approximate surface area is 115 Å². The number of esters is 1. The van der Waals surface area contributed by atoms with Crippen molar-refractivity contribution in [1.82, 2.24) is 10.2 Å². The Morgan fingerprint density at radius 2 is 2.20 bits per heavy atom. The monoisotopic (exact) mass is 280 g/mol. The predicted molar refractivity (Wildman–Crippen MR) is 67.5 cm³/mol. The van der Waals surface area contributed by atoms with E-state index in [2.05, 4.69) is 5.32 Å². The molecule has 1 N–H and O–H groups in total. The number of hydrogen-bond donors (Lipinski definition) is 1. The summed E-state index contributed by atoms with van der Waals surface area (Å²) >= 11 is 0. The topological polar surface area (TPSA) is 88.8 Å². The molecule has 0 aromatic carbocycles. The summed E-state index contributed by atoms with van der Waals surface area (Å²) < 4.78 is 10.1. The van der Waals surface area contributed by atoms with E-state index >= 15 is 0 Å². The number of nitrogens with zero attached hydrogens (tertiary/aromatic N) is 1. The molecule has 0 saturated carbocycles. The van der Waals surface area contributed by atoms with Crippen molar-refractivity contribution in [1.29, 1.82) is 0 Å². The summed E-state index contributed by atoms with van der Waals surface area (Å²) in [6.07, 6.45) is 1.11. The van der Waals surface area contributed by atoms with E-state index in [1.54, 1.807) is 26.0 Å². The van der Waals surface area contributed by atoms with Gasteiger partial charge in [-0.15, -0.1) is 0 Å². The summed E-state index contributed by atoms with van der Waals surface area (Å²) in [5.74, 6) is -0.860. The minimum absolute atomic E-state index is 0.306. The Morgan fingerprint density at radius 1 is 1.50 bits per heavy atom. The Hall–Kier alpha value is -2.31. The highest BCUT2D eigenvalue weighted by atomic mass is 16.5. The SMILES string of the molecule is CC(C)OC(=O)CN1C(=O)N[C@@](C)(c2ccco2)C1=O. The smallest absolute Gasteiger partial charge is 0.326 e. The van der Waals surface area contributed by atoms with E-state index < -0.39 is 30.0 Å². The third-order valence-corrected chi connectivity index (χ3v) is 2.94. The van der Waals surface area contributed by atoms with Crippen LogP contribution in [-0.2, 0) is 19.9 Å². The number of carbonyl (C=O) groups excluding carboxylic acids is 3. The molecule has 2 rings (SSSR count). The Kier molecular flexibility index (Phi) is 3.52. The highest BCUT2D eigenvalue weighted by molar-refractivity contribution is 6.08. The maximum atomic E-state index is 12.3. The molecule has 0 unspecified atom stereocenters. The quantitative estimate of drug-likeness (QED) is 0.656. The number of amides is 3. The highest BCUT2D eigenvalue weighted by Gasteiger charge is 2.51. The average molecular weight is 280 g/mol. The van der Waals surface area contributed by atoms with Crippen LogP contribution in [-0.4, -0.2) is 35.5 Å². The average Bonchev–Trinajstić information content (AvgIpc) is 2.93. The van der Waals surface area contributed by atoms with Crippen LogP contribution in [0.25, 0.3) is 0 Å². The fraction of sp³-hybridized carbons (Fsp3) is 0.462. The zero-order chi connectivity index (χ0) is 14.9. The van der Waals surface area contributed by atoms with Crippen LogP contribution in [0.3, 0.4) is 0 Å². The largest absolute Gasteiger partial charge is 0.466 e. The maximum absolute atomic E-state index is 12.3. The van der Waals surface area contributed by atoms with Crippen LogP contribution in [0.1, 0.15) is 26.5 Å². The molecule has 7 heteroatoms. The van der Waals surface area contributed by atoms with Crippen LogP contribution in [0.15, 0.2) is 22.8 Å². The summed E-state index contributed by atoms with van der Waals surface area (Å²) in [4.78, 5) is 36.6. The standard InChI is InChI=1S/C13H16N2O5/c1-8(2)20-10(16)7-15-11(17)13(3,14-12(15)18)9-5-4-6-19-9/h4-6,8H,7H2,1-3H3,(H,14,18)/t13-/m0/s1. The molecule has 1 aliphatic rings. The van der Waals surface area contributed by atoms with Crippen LogP contribution in [0.2, 0.25) is 0 Å². The van der Waals surface area contributed by atoms with Gasteiger partial charge in [0.25, 0.3) is 5.91 Å². The van der Waals surface area contributed by atoms with E-state index in [1.165, 1.54) is 13.2 Å². The number of hydrogen-bond acceptors (Lipinski definition) is 5. The van der Waals surface area contributed by atoms with Crippen LogP contribution in [0.4, 0.5) is 4.79 Å². The third-order valence-electron chi connectivity index (χ3n) is 2.94. The summed E-state index contributed by atoms with van der Waals surface area (Å²) in [7, 11) is 0. The summed E-state index contributed by atoms with van der Waals surface area (Å²) in [5.41, 5.74) is -1.29. The van der Waals surface area contributed by atoms with E-state index in [-0.39, 0.29) is 6.10 Å². The van der Waals surface area contributed by atoms with Crippen LogP contribution in [0, 0.1) is 0 Å². The number of urea groups is 1. The van der Waals surface area contributed by atoms with Gasteiger partial charge in [-0.1, -0.05) is 0 Å². The zero-order valence-corrected chi connectivity index (χ0v) is 11.5. The second-order valence-electron chi connectivity index (χ2n) is 4.96. The first-order valence-corrected chi connectivity index (χ1v) is 6.22. The van der Waals surface area contributed by atoms with Crippen molar-refractivity contribution in [3.8, 4) is 0 Å². The number of nitrogens with one attached hydrogen (secondary N) is 1. The highest BCUT2D eigenvalue weighted by Crippen LogP contribution is 2.28. The lowest BCUT2D eigenvalue weighted by Crippen LogP contribution is -2.41. The van der Waals surface area contributed by atoms with Crippen molar-refractivity contribution in [2.24, 2.45) is 0 Å². The summed E-state index contributed by atoms with van der Waals surface area (Å²) in [5, 5.41) is 2.53. The van der Waals surface area contributed by atoms with Gasteiger partial charge in [-0.2, -0.15) is 0 Å².